The molecule has 1 heterocycles. The summed E-state index contributed by atoms with van der Waals surface area (Å²) in [5.74, 6) is 0.765. The van der Waals surface area contributed by atoms with Gasteiger partial charge in [-0.2, -0.15) is 0 Å². The highest BCUT2D eigenvalue weighted by Gasteiger charge is 2.16. The normalized spacial score (nSPS) is 15.5. The number of carbonyl (C=O) groups is 1. The number of carbonyl (C=O) groups excluding carboxylic acids is 1. The molecule has 2 aromatic carbocycles. The zero-order chi connectivity index (χ0) is 16.2. The minimum atomic E-state index is -0.0666. The van der Waals surface area contributed by atoms with E-state index in [9.17, 15) is 4.79 Å². The molecule has 0 aliphatic carbocycles. The lowest BCUT2D eigenvalue weighted by molar-refractivity contribution is 0.102. The third kappa shape index (κ3) is 4.25. The fraction of sp³-hybridized carbons (Fsp3) is 0.316. The second kappa shape index (κ2) is 7.34. The Kier molecular flexibility index (Phi) is 5.20. The van der Waals surface area contributed by atoms with Crippen LogP contribution < -0.4 is 10.2 Å². The Morgan fingerprint density at radius 2 is 1.83 bits per heavy atom. The third-order valence-corrected chi connectivity index (χ3v) is 5.03. The van der Waals surface area contributed by atoms with Crippen molar-refractivity contribution >= 4 is 39.9 Å². The average molecular weight is 420 g/mol. The highest BCUT2D eigenvalue weighted by atomic mass is 127. The lowest BCUT2D eigenvalue weighted by Gasteiger charge is -2.32. The lowest BCUT2D eigenvalue weighted by atomic mass is 9.99. The molecular weight excluding hydrogens is 399 g/mol. The predicted octanol–water partition coefficient (Wildman–Crippen LogP) is 4.78. The fourth-order valence-corrected chi connectivity index (χ4v) is 3.40. The second-order valence-electron chi connectivity index (χ2n) is 6.18. The molecule has 1 fully saturated rings. The van der Waals surface area contributed by atoms with E-state index in [2.05, 4.69) is 51.9 Å². The standard InChI is InChI=1S/C19H21IN2O/c1-14-9-11-22(12-10-14)18-7-5-17(6-8-18)21-19(23)15-3-2-4-16(20)13-15/h2-8,13-14H,9-12H2,1H3,(H,21,23). The minimum absolute atomic E-state index is 0.0666. The zero-order valence-corrected chi connectivity index (χ0v) is 15.4. The summed E-state index contributed by atoms with van der Waals surface area (Å²) in [5.41, 5.74) is 2.76. The summed E-state index contributed by atoms with van der Waals surface area (Å²) >= 11 is 2.21. The van der Waals surface area contributed by atoms with Gasteiger partial charge in [-0.1, -0.05) is 13.0 Å². The van der Waals surface area contributed by atoms with Gasteiger partial charge in [-0.05, 0) is 83.8 Å². The Bertz CT molecular complexity index is 676. The highest BCUT2D eigenvalue weighted by Crippen LogP contribution is 2.24. The Morgan fingerprint density at radius 1 is 1.13 bits per heavy atom. The summed E-state index contributed by atoms with van der Waals surface area (Å²) in [4.78, 5) is 14.7. The van der Waals surface area contributed by atoms with Crippen LogP contribution in [-0.2, 0) is 0 Å². The van der Waals surface area contributed by atoms with E-state index in [1.165, 1.54) is 18.5 Å². The van der Waals surface area contributed by atoms with E-state index < -0.39 is 0 Å². The molecule has 3 nitrogen and oxygen atoms in total. The van der Waals surface area contributed by atoms with Crippen molar-refractivity contribution in [2.45, 2.75) is 19.8 Å². The lowest BCUT2D eigenvalue weighted by Crippen LogP contribution is -2.32. The molecule has 1 saturated heterocycles. The maximum Gasteiger partial charge on any atom is 0.255 e. The SMILES string of the molecule is CC1CCN(c2ccc(NC(=O)c3cccc(I)c3)cc2)CC1. The third-order valence-electron chi connectivity index (χ3n) is 4.36. The van der Waals surface area contributed by atoms with E-state index >= 15 is 0 Å². The molecule has 0 atom stereocenters. The van der Waals surface area contributed by atoms with Gasteiger partial charge in [0.1, 0.15) is 0 Å². The van der Waals surface area contributed by atoms with Crippen molar-refractivity contribution in [3.8, 4) is 0 Å². The summed E-state index contributed by atoms with van der Waals surface area (Å²) < 4.78 is 1.06. The summed E-state index contributed by atoms with van der Waals surface area (Å²) in [6, 6.07) is 15.8. The maximum absolute atomic E-state index is 12.3. The number of rotatable bonds is 3. The summed E-state index contributed by atoms with van der Waals surface area (Å²) in [7, 11) is 0. The number of benzene rings is 2. The molecule has 0 bridgehead atoms. The van der Waals surface area contributed by atoms with Crippen molar-refractivity contribution in [1.82, 2.24) is 0 Å². The molecule has 23 heavy (non-hydrogen) atoms. The van der Waals surface area contributed by atoms with E-state index in [4.69, 9.17) is 0 Å². The smallest absolute Gasteiger partial charge is 0.255 e. The van der Waals surface area contributed by atoms with Crippen molar-refractivity contribution < 1.29 is 4.79 Å². The first-order valence-corrected chi connectivity index (χ1v) is 9.11. The highest BCUT2D eigenvalue weighted by molar-refractivity contribution is 14.1. The van der Waals surface area contributed by atoms with E-state index in [0.717, 1.165) is 28.3 Å². The van der Waals surface area contributed by atoms with E-state index in [1.54, 1.807) is 0 Å². The molecule has 0 aromatic heterocycles. The van der Waals surface area contributed by atoms with Crippen LogP contribution in [0.2, 0.25) is 0 Å². The van der Waals surface area contributed by atoms with Crippen molar-refractivity contribution in [1.29, 1.82) is 0 Å². The van der Waals surface area contributed by atoms with Gasteiger partial charge in [0, 0.05) is 33.6 Å². The van der Waals surface area contributed by atoms with Gasteiger partial charge in [-0.15, -0.1) is 0 Å². The second-order valence-corrected chi connectivity index (χ2v) is 7.43. The predicted molar refractivity (Wildman–Crippen MR) is 104 cm³/mol. The number of halogens is 1. The molecule has 3 rings (SSSR count). The molecule has 4 heteroatoms. The fourth-order valence-electron chi connectivity index (χ4n) is 2.86. The van der Waals surface area contributed by atoms with Crippen LogP contribution >= 0.6 is 22.6 Å². The zero-order valence-electron chi connectivity index (χ0n) is 13.3. The first kappa shape index (κ1) is 16.3. The molecule has 1 aliphatic heterocycles. The molecule has 0 unspecified atom stereocenters. The van der Waals surface area contributed by atoms with E-state index in [-0.39, 0.29) is 5.91 Å². The maximum atomic E-state index is 12.3. The Labute approximate surface area is 151 Å². The van der Waals surface area contributed by atoms with E-state index in [1.807, 2.05) is 36.4 Å². The van der Waals surface area contributed by atoms with Crippen LogP contribution in [0.4, 0.5) is 11.4 Å². The van der Waals surface area contributed by atoms with Gasteiger partial charge in [0.05, 0.1) is 0 Å². The largest absolute Gasteiger partial charge is 0.372 e. The molecular formula is C19H21IN2O. The monoisotopic (exact) mass is 420 g/mol. The van der Waals surface area contributed by atoms with Gasteiger partial charge < -0.3 is 10.2 Å². The van der Waals surface area contributed by atoms with Crippen molar-refractivity contribution in [3.05, 3.63) is 57.7 Å². The van der Waals surface area contributed by atoms with Gasteiger partial charge in [0.15, 0.2) is 0 Å². The van der Waals surface area contributed by atoms with Crippen LogP contribution in [0.3, 0.4) is 0 Å². The summed E-state index contributed by atoms with van der Waals surface area (Å²) in [6.45, 7) is 4.56. The number of nitrogens with one attached hydrogen (secondary N) is 1. The number of nitrogens with zero attached hydrogens (tertiary/aromatic N) is 1. The van der Waals surface area contributed by atoms with Crippen LogP contribution in [0.1, 0.15) is 30.1 Å². The first-order chi connectivity index (χ1) is 11.1. The average Bonchev–Trinajstić information content (AvgIpc) is 2.56. The van der Waals surface area contributed by atoms with Crippen molar-refractivity contribution in [2.75, 3.05) is 23.3 Å². The molecule has 1 N–H and O–H groups in total. The van der Waals surface area contributed by atoms with Crippen LogP contribution in [-0.4, -0.2) is 19.0 Å². The number of amides is 1. The Balaban J connectivity index is 1.64. The Morgan fingerprint density at radius 3 is 2.48 bits per heavy atom. The van der Waals surface area contributed by atoms with Crippen molar-refractivity contribution in [3.63, 3.8) is 0 Å². The van der Waals surface area contributed by atoms with Gasteiger partial charge in [0.25, 0.3) is 5.91 Å². The number of piperidine rings is 1. The molecule has 120 valence electrons. The quantitative estimate of drug-likeness (QED) is 0.725. The summed E-state index contributed by atoms with van der Waals surface area (Å²) in [5, 5.41) is 2.96. The number of hydrogen-bond donors (Lipinski definition) is 1. The van der Waals surface area contributed by atoms with Crippen LogP contribution in [0.15, 0.2) is 48.5 Å². The van der Waals surface area contributed by atoms with Gasteiger partial charge >= 0.3 is 0 Å². The number of anilines is 2. The molecule has 2 aromatic rings. The molecule has 0 saturated carbocycles. The molecule has 0 spiro atoms. The van der Waals surface area contributed by atoms with Gasteiger partial charge in [-0.3, -0.25) is 4.79 Å². The number of hydrogen-bond acceptors (Lipinski definition) is 2. The van der Waals surface area contributed by atoms with Crippen LogP contribution in [0, 0.1) is 9.49 Å². The van der Waals surface area contributed by atoms with Gasteiger partial charge in [-0.25, -0.2) is 0 Å². The van der Waals surface area contributed by atoms with Crippen molar-refractivity contribution in [2.24, 2.45) is 5.92 Å². The Hall–Kier alpha value is -1.56. The topological polar surface area (TPSA) is 32.3 Å². The molecule has 0 radical (unpaired) electrons. The van der Waals surface area contributed by atoms with E-state index in [0.29, 0.717) is 5.56 Å². The molecule has 1 amide bonds. The van der Waals surface area contributed by atoms with Gasteiger partial charge in [0.2, 0.25) is 0 Å². The minimum Gasteiger partial charge on any atom is -0.372 e. The van der Waals surface area contributed by atoms with Crippen LogP contribution in [0.5, 0.6) is 0 Å². The first-order valence-electron chi connectivity index (χ1n) is 8.04. The molecule has 1 aliphatic rings. The van der Waals surface area contributed by atoms with Crippen LogP contribution in [0.25, 0.3) is 0 Å². The summed E-state index contributed by atoms with van der Waals surface area (Å²) in [6.07, 6.45) is 2.51.